The highest BCUT2D eigenvalue weighted by Crippen LogP contribution is 2.60. The summed E-state index contributed by atoms with van der Waals surface area (Å²) in [5.74, 6) is 0.766. The molecule has 19 heavy (non-hydrogen) atoms. The highest BCUT2D eigenvalue weighted by molar-refractivity contribution is 9.10. The van der Waals surface area contributed by atoms with Crippen molar-refractivity contribution in [3.63, 3.8) is 0 Å². The van der Waals surface area contributed by atoms with Crippen molar-refractivity contribution >= 4 is 26.0 Å². The summed E-state index contributed by atoms with van der Waals surface area (Å²) in [5, 5.41) is 0. The average Bonchev–Trinajstić information content (AvgIpc) is 3.23. The second-order valence-corrected chi connectivity index (χ2v) is 8.49. The van der Waals surface area contributed by atoms with Gasteiger partial charge in [0.05, 0.1) is 4.90 Å². The largest absolute Gasteiger partial charge is 0.240 e. The molecule has 0 heterocycles. The molecule has 5 heteroatoms. The van der Waals surface area contributed by atoms with Crippen LogP contribution in [0, 0.1) is 18.3 Å². The Morgan fingerprint density at radius 2 is 2.05 bits per heavy atom. The molecule has 0 spiro atoms. The molecular weight excluding hydrogens is 326 g/mol. The summed E-state index contributed by atoms with van der Waals surface area (Å²) in [7, 11) is -3.37. The maximum Gasteiger partial charge on any atom is 0.240 e. The van der Waals surface area contributed by atoms with Crippen LogP contribution in [-0.4, -0.2) is 15.0 Å². The van der Waals surface area contributed by atoms with Gasteiger partial charge in [0, 0.05) is 11.0 Å². The lowest BCUT2D eigenvalue weighted by atomic mass is 10.0. The maximum atomic E-state index is 12.3. The molecule has 3 nitrogen and oxygen atoms in total. The molecule has 0 saturated heterocycles. The molecule has 0 bridgehead atoms. The van der Waals surface area contributed by atoms with Crippen molar-refractivity contribution in [2.45, 2.75) is 37.5 Å². The number of hydrogen-bond donors (Lipinski definition) is 1. The molecule has 0 aliphatic heterocycles. The normalized spacial score (nSPS) is 21.4. The highest BCUT2D eigenvalue weighted by atomic mass is 79.9. The molecule has 2 aliphatic carbocycles. The predicted octanol–water partition coefficient (Wildman–Crippen LogP) is 3.23. The Bertz CT molecular complexity index is 604. The van der Waals surface area contributed by atoms with Gasteiger partial charge in [0.1, 0.15) is 0 Å². The first-order valence-corrected chi connectivity index (χ1v) is 8.96. The van der Waals surface area contributed by atoms with Gasteiger partial charge in [-0.1, -0.05) is 15.9 Å². The summed E-state index contributed by atoms with van der Waals surface area (Å²) >= 11 is 3.39. The first kappa shape index (κ1) is 13.6. The predicted molar refractivity (Wildman–Crippen MR) is 78.5 cm³/mol. The lowest BCUT2D eigenvalue weighted by molar-refractivity contribution is 0.432. The second-order valence-electron chi connectivity index (χ2n) is 5.87. The van der Waals surface area contributed by atoms with Crippen LogP contribution in [0.5, 0.6) is 0 Å². The maximum absolute atomic E-state index is 12.3. The van der Waals surface area contributed by atoms with Crippen molar-refractivity contribution in [2.24, 2.45) is 11.3 Å². The van der Waals surface area contributed by atoms with Crippen molar-refractivity contribution in [3.05, 3.63) is 28.2 Å². The van der Waals surface area contributed by atoms with Crippen LogP contribution < -0.4 is 4.72 Å². The van der Waals surface area contributed by atoms with Crippen LogP contribution in [0.4, 0.5) is 0 Å². The number of sulfonamides is 1. The number of halogens is 1. The monoisotopic (exact) mass is 343 g/mol. The fourth-order valence-electron chi connectivity index (χ4n) is 2.69. The quantitative estimate of drug-likeness (QED) is 0.891. The molecule has 2 aliphatic rings. The zero-order valence-electron chi connectivity index (χ0n) is 10.9. The topological polar surface area (TPSA) is 46.2 Å². The summed E-state index contributed by atoms with van der Waals surface area (Å²) in [6, 6.07) is 5.15. The molecule has 3 rings (SSSR count). The number of aryl methyl sites for hydroxylation is 1. The van der Waals surface area contributed by atoms with Crippen LogP contribution in [0.25, 0.3) is 0 Å². The molecule has 2 fully saturated rings. The van der Waals surface area contributed by atoms with Crippen LogP contribution in [0.15, 0.2) is 27.6 Å². The fraction of sp³-hybridized carbons (Fsp3) is 0.571. The van der Waals surface area contributed by atoms with Gasteiger partial charge in [-0.05, 0) is 67.7 Å². The van der Waals surface area contributed by atoms with Crippen molar-refractivity contribution in [1.29, 1.82) is 0 Å². The number of nitrogens with one attached hydrogen (secondary N) is 1. The summed E-state index contributed by atoms with van der Waals surface area (Å²) in [6.45, 7) is 2.50. The van der Waals surface area contributed by atoms with Gasteiger partial charge in [-0.2, -0.15) is 0 Å². The van der Waals surface area contributed by atoms with Crippen molar-refractivity contribution in [2.75, 3.05) is 6.54 Å². The van der Waals surface area contributed by atoms with E-state index < -0.39 is 10.0 Å². The summed E-state index contributed by atoms with van der Waals surface area (Å²) in [5.41, 5.74) is 1.23. The minimum atomic E-state index is -3.37. The molecule has 1 N–H and O–H groups in total. The molecule has 0 radical (unpaired) electrons. The minimum Gasteiger partial charge on any atom is -0.211 e. The highest BCUT2D eigenvalue weighted by Gasteiger charge is 2.53. The van der Waals surface area contributed by atoms with E-state index in [-0.39, 0.29) is 5.41 Å². The zero-order chi connectivity index (χ0) is 13.7. The number of rotatable bonds is 5. The van der Waals surface area contributed by atoms with Gasteiger partial charge >= 0.3 is 0 Å². The van der Waals surface area contributed by atoms with Crippen molar-refractivity contribution in [1.82, 2.24) is 4.72 Å². The van der Waals surface area contributed by atoms with Crippen LogP contribution in [0.1, 0.15) is 31.2 Å². The SMILES string of the molecule is Cc1cc(S(=O)(=O)NCC2(C3CC3)CC2)ccc1Br. The van der Waals surface area contributed by atoms with E-state index in [0.717, 1.165) is 16.0 Å². The molecule has 2 saturated carbocycles. The second kappa shape index (κ2) is 4.57. The van der Waals surface area contributed by atoms with Crippen LogP contribution >= 0.6 is 15.9 Å². The minimum absolute atomic E-state index is 0.289. The number of benzene rings is 1. The van der Waals surface area contributed by atoms with E-state index in [1.54, 1.807) is 18.2 Å². The van der Waals surface area contributed by atoms with Gasteiger partial charge < -0.3 is 0 Å². The van der Waals surface area contributed by atoms with E-state index in [1.165, 1.54) is 25.7 Å². The summed E-state index contributed by atoms with van der Waals surface area (Å²) in [4.78, 5) is 0.361. The number of hydrogen-bond acceptors (Lipinski definition) is 2. The summed E-state index contributed by atoms with van der Waals surface area (Å²) in [6.07, 6.45) is 4.91. The van der Waals surface area contributed by atoms with Gasteiger partial charge in [-0.15, -0.1) is 0 Å². The fourth-order valence-corrected chi connectivity index (χ4v) is 4.16. The first-order valence-electron chi connectivity index (χ1n) is 6.69. The smallest absolute Gasteiger partial charge is 0.211 e. The Balaban J connectivity index is 1.73. The zero-order valence-corrected chi connectivity index (χ0v) is 13.4. The molecule has 0 unspecified atom stereocenters. The third-order valence-corrected chi connectivity index (χ3v) is 6.68. The molecule has 0 aromatic heterocycles. The van der Waals surface area contributed by atoms with Gasteiger partial charge in [-0.3, -0.25) is 0 Å². The lowest BCUT2D eigenvalue weighted by Gasteiger charge is -2.15. The van der Waals surface area contributed by atoms with Gasteiger partial charge in [0.25, 0.3) is 0 Å². The van der Waals surface area contributed by atoms with Gasteiger partial charge in [0.2, 0.25) is 10.0 Å². The van der Waals surface area contributed by atoms with Crippen LogP contribution in [-0.2, 0) is 10.0 Å². The Labute approximate surface area is 123 Å². The Hall–Kier alpha value is -0.390. The van der Waals surface area contributed by atoms with Crippen LogP contribution in [0.2, 0.25) is 0 Å². The molecule has 0 amide bonds. The van der Waals surface area contributed by atoms with E-state index in [2.05, 4.69) is 20.7 Å². The summed E-state index contributed by atoms with van der Waals surface area (Å²) < 4.78 is 28.3. The van der Waals surface area contributed by atoms with Gasteiger partial charge in [0.15, 0.2) is 0 Å². The Morgan fingerprint density at radius 1 is 1.37 bits per heavy atom. The molecule has 0 atom stereocenters. The third-order valence-electron chi connectivity index (χ3n) is 4.39. The van der Waals surface area contributed by atoms with E-state index in [9.17, 15) is 8.42 Å². The van der Waals surface area contributed by atoms with Crippen molar-refractivity contribution in [3.8, 4) is 0 Å². The average molecular weight is 344 g/mol. The third kappa shape index (κ3) is 2.73. The lowest BCUT2D eigenvalue weighted by Crippen LogP contribution is -2.31. The van der Waals surface area contributed by atoms with Gasteiger partial charge in [-0.25, -0.2) is 13.1 Å². The van der Waals surface area contributed by atoms with E-state index >= 15 is 0 Å². The van der Waals surface area contributed by atoms with Crippen LogP contribution in [0.3, 0.4) is 0 Å². The molecular formula is C14H18BrNO2S. The molecule has 1 aromatic rings. The Kier molecular flexibility index (Phi) is 3.27. The molecule has 1 aromatic carbocycles. The first-order chi connectivity index (χ1) is 8.93. The van der Waals surface area contributed by atoms with E-state index in [0.29, 0.717) is 11.4 Å². The standard InChI is InChI=1S/C14H18BrNO2S/c1-10-8-12(4-5-13(10)15)19(17,18)16-9-14(6-7-14)11-2-3-11/h4-5,8,11,16H,2-3,6-7,9H2,1H3. The van der Waals surface area contributed by atoms with E-state index in [4.69, 9.17) is 0 Å². The Morgan fingerprint density at radius 3 is 2.58 bits per heavy atom. The van der Waals surface area contributed by atoms with Crippen molar-refractivity contribution < 1.29 is 8.42 Å². The van der Waals surface area contributed by atoms with E-state index in [1.807, 2.05) is 6.92 Å². The molecule has 104 valence electrons.